The molecule has 0 atom stereocenters. The normalized spacial score (nSPS) is 11.0. The number of hydrogen-bond donors (Lipinski definition) is 0. The molecule has 0 heterocycles. The van der Waals surface area contributed by atoms with Crippen LogP contribution >= 0.6 is 0 Å². The van der Waals surface area contributed by atoms with Crippen LogP contribution in [-0.4, -0.2) is 23.5 Å². The van der Waals surface area contributed by atoms with Gasteiger partial charge in [-0.2, -0.15) is 10.5 Å². The van der Waals surface area contributed by atoms with Crippen LogP contribution in [0, 0.1) is 33.5 Å². The maximum atomic E-state index is 11.6. The minimum absolute atomic E-state index is 0.433. The van der Waals surface area contributed by atoms with Crippen LogP contribution in [0.2, 0.25) is 0 Å². The Kier molecular flexibility index (Phi) is 5.94. The third-order valence-electron chi connectivity index (χ3n) is 2.83. The van der Waals surface area contributed by atoms with E-state index in [-0.39, 0.29) is 0 Å². The highest BCUT2D eigenvalue weighted by atomic mass is 16.6. The lowest BCUT2D eigenvalue weighted by atomic mass is 9.84. The molecule has 112 valence electrons. The van der Waals surface area contributed by atoms with Crippen LogP contribution in [0.15, 0.2) is 0 Å². The number of nitrogens with zero attached hydrogens (tertiary/aromatic N) is 2. The van der Waals surface area contributed by atoms with E-state index in [0.29, 0.717) is 0 Å². The van der Waals surface area contributed by atoms with Crippen LogP contribution in [-0.2, 0) is 23.9 Å². The van der Waals surface area contributed by atoms with Crippen molar-refractivity contribution in [2.45, 2.75) is 40.5 Å². The van der Waals surface area contributed by atoms with E-state index in [1.54, 1.807) is 0 Å². The monoisotopic (exact) mass is 292 g/mol. The van der Waals surface area contributed by atoms with Crippen LogP contribution in [0.5, 0.6) is 0 Å². The molecule has 0 bridgehead atoms. The molecule has 0 N–H and O–H groups in total. The second-order valence-corrected chi connectivity index (χ2v) is 5.85. The number of Topliss-reactive ketones (excluding diaryl/α,β-unsaturated/α-hetero) is 2. The second kappa shape index (κ2) is 6.76. The fraction of sp³-hybridized carbons (Fsp3) is 0.571. The zero-order valence-electron chi connectivity index (χ0n) is 12.3. The zero-order chi connectivity index (χ0) is 16.8. The number of ketones is 2. The van der Waals surface area contributed by atoms with Gasteiger partial charge in [0.15, 0.2) is 0 Å². The molecule has 0 fully saturated rings. The predicted octanol–water partition coefficient (Wildman–Crippen LogP) is 1.07. The lowest BCUT2D eigenvalue weighted by Crippen LogP contribution is -2.31. The highest BCUT2D eigenvalue weighted by Gasteiger charge is 2.34. The highest BCUT2D eigenvalue weighted by molar-refractivity contribution is 6.01. The Morgan fingerprint density at radius 2 is 1.10 bits per heavy atom. The van der Waals surface area contributed by atoms with Crippen molar-refractivity contribution in [3.63, 3.8) is 0 Å². The van der Waals surface area contributed by atoms with Crippen LogP contribution in [0.1, 0.15) is 40.5 Å². The summed E-state index contributed by atoms with van der Waals surface area (Å²) in [6.45, 7) is 5.53. The third kappa shape index (κ3) is 5.53. The Morgan fingerprint density at radius 1 is 0.810 bits per heavy atom. The lowest BCUT2D eigenvalue weighted by molar-refractivity contribution is -0.163. The standard InChI is InChI=1S/C14H16N2O5/c1-13(2,9(17)7-15)5-11(19)21-12(20)6-14(3,4)10(18)8-16/h5-6H2,1-4H3. The number of nitriles is 2. The molecular weight excluding hydrogens is 276 g/mol. The molecule has 21 heavy (non-hydrogen) atoms. The molecule has 7 nitrogen and oxygen atoms in total. The van der Waals surface area contributed by atoms with E-state index < -0.39 is 47.2 Å². The summed E-state index contributed by atoms with van der Waals surface area (Å²) in [5, 5.41) is 17.0. The maximum Gasteiger partial charge on any atom is 0.314 e. The smallest absolute Gasteiger partial charge is 0.314 e. The van der Waals surface area contributed by atoms with Gasteiger partial charge in [0.05, 0.1) is 12.8 Å². The predicted molar refractivity (Wildman–Crippen MR) is 69.1 cm³/mol. The molecule has 0 aliphatic carbocycles. The van der Waals surface area contributed by atoms with E-state index in [1.165, 1.54) is 39.8 Å². The Balaban J connectivity index is 4.66. The zero-order valence-corrected chi connectivity index (χ0v) is 12.3. The van der Waals surface area contributed by atoms with E-state index >= 15 is 0 Å². The molecule has 0 amide bonds. The van der Waals surface area contributed by atoms with E-state index in [4.69, 9.17) is 10.5 Å². The summed E-state index contributed by atoms with van der Waals surface area (Å²) in [6.07, 6.45) is -0.866. The van der Waals surface area contributed by atoms with Crippen molar-refractivity contribution < 1.29 is 23.9 Å². The second-order valence-electron chi connectivity index (χ2n) is 5.85. The first kappa shape index (κ1) is 18.5. The Morgan fingerprint density at radius 3 is 1.33 bits per heavy atom. The molecular formula is C14H16N2O5. The van der Waals surface area contributed by atoms with Crippen LogP contribution in [0.3, 0.4) is 0 Å². The van der Waals surface area contributed by atoms with Gasteiger partial charge in [0.2, 0.25) is 11.6 Å². The van der Waals surface area contributed by atoms with Gasteiger partial charge in [-0.1, -0.05) is 27.7 Å². The van der Waals surface area contributed by atoms with Crippen molar-refractivity contribution in [1.29, 1.82) is 10.5 Å². The molecule has 0 aromatic heterocycles. The summed E-state index contributed by atoms with van der Waals surface area (Å²) >= 11 is 0. The fourth-order valence-corrected chi connectivity index (χ4v) is 1.38. The minimum Gasteiger partial charge on any atom is -0.393 e. The van der Waals surface area contributed by atoms with Crippen molar-refractivity contribution in [1.82, 2.24) is 0 Å². The molecule has 7 heteroatoms. The van der Waals surface area contributed by atoms with Crippen LogP contribution in [0.4, 0.5) is 0 Å². The minimum atomic E-state index is -1.26. The largest absolute Gasteiger partial charge is 0.393 e. The van der Waals surface area contributed by atoms with Gasteiger partial charge in [0.25, 0.3) is 0 Å². The molecule has 0 aliphatic rings. The van der Waals surface area contributed by atoms with Gasteiger partial charge < -0.3 is 4.74 Å². The molecule has 0 radical (unpaired) electrons. The number of rotatable bonds is 6. The van der Waals surface area contributed by atoms with Crippen LogP contribution < -0.4 is 0 Å². The molecule has 0 aliphatic heterocycles. The first-order chi connectivity index (χ1) is 9.46. The fourth-order valence-electron chi connectivity index (χ4n) is 1.38. The maximum absolute atomic E-state index is 11.6. The van der Waals surface area contributed by atoms with Gasteiger partial charge in [-0.3, -0.25) is 19.2 Å². The van der Waals surface area contributed by atoms with Crippen molar-refractivity contribution in [3.8, 4) is 12.1 Å². The summed E-state index contributed by atoms with van der Waals surface area (Å²) in [5.74, 6) is -3.53. The number of ether oxygens (including phenoxy) is 1. The van der Waals surface area contributed by atoms with Crippen molar-refractivity contribution in [2.24, 2.45) is 10.8 Å². The van der Waals surface area contributed by atoms with Crippen molar-refractivity contribution in [2.75, 3.05) is 0 Å². The van der Waals surface area contributed by atoms with Gasteiger partial charge in [-0.05, 0) is 0 Å². The highest BCUT2D eigenvalue weighted by Crippen LogP contribution is 2.24. The average Bonchev–Trinajstić information content (AvgIpc) is 2.34. The summed E-state index contributed by atoms with van der Waals surface area (Å²) < 4.78 is 4.51. The third-order valence-corrected chi connectivity index (χ3v) is 2.83. The van der Waals surface area contributed by atoms with Gasteiger partial charge in [-0.25, -0.2) is 0 Å². The van der Waals surface area contributed by atoms with Gasteiger partial charge in [0.1, 0.15) is 12.1 Å². The summed E-state index contributed by atoms with van der Waals surface area (Å²) in [4.78, 5) is 45.7. The summed E-state index contributed by atoms with van der Waals surface area (Å²) in [6, 6.07) is 2.82. The number of hydrogen-bond acceptors (Lipinski definition) is 7. The number of esters is 2. The van der Waals surface area contributed by atoms with Gasteiger partial charge in [-0.15, -0.1) is 0 Å². The summed E-state index contributed by atoms with van der Waals surface area (Å²) in [7, 11) is 0. The van der Waals surface area contributed by atoms with E-state index in [2.05, 4.69) is 4.74 Å². The number of carbonyl (C=O) groups is 4. The SMILES string of the molecule is CC(C)(CC(=O)OC(=O)CC(C)(C)C(=O)C#N)C(=O)C#N. The van der Waals surface area contributed by atoms with Gasteiger partial charge >= 0.3 is 11.9 Å². The Labute approximate surface area is 122 Å². The molecule has 0 saturated carbocycles. The molecule has 0 aromatic rings. The Hall–Kier alpha value is -2.54. The van der Waals surface area contributed by atoms with E-state index in [9.17, 15) is 19.2 Å². The number of carbonyl (C=O) groups excluding carboxylic acids is 4. The van der Waals surface area contributed by atoms with Crippen molar-refractivity contribution in [3.05, 3.63) is 0 Å². The quantitative estimate of drug-likeness (QED) is 0.407. The molecule has 0 rings (SSSR count). The van der Waals surface area contributed by atoms with Crippen molar-refractivity contribution >= 4 is 23.5 Å². The molecule has 0 aromatic carbocycles. The van der Waals surface area contributed by atoms with E-state index in [1.807, 2.05) is 0 Å². The Bertz CT molecular complexity index is 511. The van der Waals surface area contributed by atoms with E-state index in [0.717, 1.165) is 0 Å². The topological polar surface area (TPSA) is 125 Å². The molecule has 0 unspecified atom stereocenters. The lowest BCUT2D eigenvalue weighted by Gasteiger charge is -2.19. The first-order valence-electron chi connectivity index (χ1n) is 6.09. The summed E-state index contributed by atoms with van der Waals surface area (Å²) in [5.41, 5.74) is -2.52. The molecule has 0 spiro atoms. The first-order valence-corrected chi connectivity index (χ1v) is 6.09. The molecule has 0 saturated heterocycles. The van der Waals surface area contributed by atoms with Gasteiger partial charge in [0, 0.05) is 10.8 Å². The average molecular weight is 292 g/mol. The van der Waals surface area contributed by atoms with Crippen LogP contribution in [0.25, 0.3) is 0 Å².